The number of carbonyl (C=O) groups is 2. The summed E-state index contributed by atoms with van der Waals surface area (Å²) in [6, 6.07) is 4.21. The maximum Gasteiger partial charge on any atom is 0.260 e. The Bertz CT molecular complexity index is 1400. The van der Waals surface area contributed by atoms with Crippen molar-refractivity contribution < 1.29 is 9.59 Å². The molecule has 0 fully saturated rings. The smallest absolute Gasteiger partial charge is 0.260 e. The Balaban J connectivity index is 1.68. The number of nitrogens with zero attached hydrogens (tertiary/aromatic N) is 2. The van der Waals surface area contributed by atoms with Gasteiger partial charge in [0.05, 0.1) is 25.5 Å². The monoisotopic (exact) mass is 969 g/mol. The van der Waals surface area contributed by atoms with Crippen LogP contribution in [-0.2, 0) is 9.59 Å². The molecule has 6 heteroatoms. The third-order valence-corrected chi connectivity index (χ3v) is 16.2. The Morgan fingerprint density at radius 1 is 0.438 bits per heavy atom. The van der Waals surface area contributed by atoms with E-state index in [0.717, 1.165) is 27.5 Å². The second kappa shape index (κ2) is 37.6. The Morgan fingerprint density at radius 3 is 1.09 bits per heavy atom. The lowest BCUT2D eigenvalue weighted by molar-refractivity contribution is -0.124. The van der Waals surface area contributed by atoms with Crippen molar-refractivity contribution in [3.8, 4) is 0 Å². The SMILES string of the molecule is CCCCCCCCCCCCC(CCCCCCCCCC)CN1C=C2C(=O)N(CC(CCCCCCCCCC)CCCCCCCCCCCC)C(c3ccc(Br)s3)=C2C1=O. The summed E-state index contributed by atoms with van der Waals surface area (Å²) >= 11 is 5.39. The zero-order chi connectivity index (χ0) is 45.9. The van der Waals surface area contributed by atoms with E-state index in [1.165, 1.54) is 257 Å². The summed E-state index contributed by atoms with van der Waals surface area (Å²) in [6.45, 7) is 10.7. The van der Waals surface area contributed by atoms with Crippen LogP contribution >= 0.6 is 27.3 Å². The molecule has 0 spiro atoms. The highest BCUT2D eigenvalue weighted by Gasteiger charge is 2.45. The molecule has 0 aliphatic carbocycles. The number of thiophene rings is 1. The second-order valence-electron chi connectivity index (χ2n) is 20.4. The molecule has 1 aromatic heterocycles. The lowest BCUT2D eigenvalue weighted by Crippen LogP contribution is -2.33. The van der Waals surface area contributed by atoms with Gasteiger partial charge < -0.3 is 9.80 Å². The largest absolute Gasteiger partial charge is 0.314 e. The van der Waals surface area contributed by atoms with E-state index in [9.17, 15) is 9.59 Å². The molecule has 3 rings (SSSR count). The van der Waals surface area contributed by atoms with Gasteiger partial charge in [0.15, 0.2) is 0 Å². The van der Waals surface area contributed by atoms with Gasteiger partial charge in [0.2, 0.25) is 0 Å². The lowest BCUT2D eigenvalue weighted by Gasteiger charge is -2.28. The Hall–Kier alpha value is -1.40. The van der Waals surface area contributed by atoms with Crippen molar-refractivity contribution in [3.63, 3.8) is 0 Å². The fourth-order valence-electron chi connectivity index (χ4n) is 10.5. The van der Waals surface area contributed by atoms with E-state index < -0.39 is 0 Å². The van der Waals surface area contributed by atoms with Crippen molar-refractivity contribution >= 4 is 44.8 Å². The number of hydrogen-bond donors (Lipinski definition) is 0. The lowest BCUT2D eigenvalue weighted by atomic mass is 9.93. The number of hydrogen-bond acceptors (Lipinski definition) is 3. The van der Waals surface area contributed by atoms with Crippen LogP contribution in [0.1, 0.15) is 289 Å². The van der Waals surface area contributed by atoms with E-state index >= 15 is 0 Å². The van der Waals surface area contributed by atoms with Crippen molar-refractivity contribution in [2.24, 2.45) is 11.8 Å². The molecule has 2 atom stereocenters. The maximum atomic E-state index is 14.7. The molecule has 0 radical (unpaired) electrons. The number of unbranched alkanes of at least 4 members (excludes halogenated alkanes) is 32. The van der Waals surface area contributed by atoms with Crippen molar-refractivity contribution in [2.75, 3.05) is 13.1 Å². The van der Waals surface area contributed by atoms with E-state index in [4.69, 9.17) is 0 Å². The third kappa shape index (κ3) is 23.6. The second-order valence-corrected chi connectivity index (χ2v) is 22.9. The van der Waals surface area contributed by atoms with Crippen LogP contribution in [0.2, 0.25) is 0 Å². The van der Waals surface area contributed by atoms with Gasteiger partial charge in [-0.3, -0.25) is 9.59 Å². The van der Waals surface area contributed by atoms with Gasteiger partial charge in [0.25, 0.3) is 11.8 Å². The number of halogens is 1. The zero-order valence-electron chi connectivity index (χ0n) is 42.6. The zero-order valence-corrected chi connectivity index (χ0v) is 45.0. The molecule has 2 aliphatic rings. The average molecular weight is 970 g/mol. The summed E-state index contributed by atoms with van der Waals surface area (Å²) in [4.78, 5) is 34.4. The molecule has 4 nitrogen and oxygen atoms in total. The van der Waals surface area contributed by atoms with Crippen LogP contribution in [0.15, 0.2) is 33.3 Å². The van der Waals surface area contributed by atoms with Gasteiger partial charge in [-0.1, -0.05) is 259 Å². The van der Waals surface area contributed by atoms with Crippen LogP contribution in [-0.4, -0.2) is 34.7 Å². The summed E-state index contributed by atoms with van der Waals surface area (Å²) in [5, 5.41) is 0. The highest BCUT2D eigenvalue weighted by Crippen LogP contribution is 2.44. The predicted molar refractivity (Wildman–Crippen MR) is 285 cm³/mol. The van der Waals surface area contributed by atoms with Crippen LogP contribution in [0.4, 0.5) is 0 Å². The fourth-order valence-corrected chi connectivity index (χ4v) is 11.9. The number of carbonyl (C=O) groups excluding carboxylic acids is 2. The molecule has 2 unspecified atom stereocenters. The molecule has 3 heterocycles. The van der Waals surface area contributed by atoms with Crippen LogP contribution in [0.3, 0.4) is 0 Å². The Morgan fingerprint density at radius 2 is 0.766 bits per heavy atom. The van der Waals surface area contributed by atoms with Crippen LogP contribution < -0.4 is 0 Å². The molecule has 368 valence electrons. The Kier molecular flexibility index (Phi) is 33.4. The molecule has 0 saturated carbocycles. The molecular formula is C58H101BrN2O2S. The number of fused-ring (bicyclic) bond motifs is 1. The summed E-state index contributed by atoms with van der Waals surface area (Å²) < 4.78 is 1.05. The van der Waals surface area contributed by atoms with Crippen LogP contribution in [0.25, 0.3) is 5.70 Å². The van der Waals surface area contributed by atoms with Crippen molar-refractivity contribution in [3.05, 3.63) is 38.1 Å². The van der Waals surface area contributed by atoms with Gasteiger partial charge in [-0.05, 0) is 65.6 Å². The molecule has 64 heavy (non-hydrogen) atoms. The van der Waals surface area contributed by atoms with Crippen LogP contribution in [0, 0.1) is 11.8 Å². The summed E-state index contributed by atoms with van der Waals surface area (Å²) in [7, 11) is 0. The topological polar surface area (TPSA) is 40.6 Å². The van der Waals surface area contributed by atoms with Crippen molar-refractivity contribution in [1.82, 2.24) is 9.80 Å². The summed E-state index contributed by atoms with van der Waals surface area (Å²) in [5.74, 6) is 1.06. The Labute approximate surface area is 409 Å². The molecule has 0 aromatic carbocycles. The first kappa shape index (κ1) is 56.9. The van der Waals surface area contributed by atoms with Gasteiger partial charge in [-0.25, -0.2) is 0 Å². The first-order chi connectivity index (χ1) is 31.4. The average Bonchev–Trinajstić information content (AvgIpc) is 3.95. The van der Waals surface area contributed by atoms with Crippen LogP contribution in [0.5, 0.6) is 0 Å². The normalized spacial score (nSPS) is 15.0. The van der Waals surface area contributed by atoms with E-state index in [2.05, 4.69) is 60.7 Å². The maximum absolute atomic E-state index is 14.7. The molecule has 2 amide bonds. The highest BCUT2D eigenvalue weighted by molar-refractivity contribution is 9.11. The minimum absolute atomic E-state index is 0.0590. The molecular weight excluding hydrogens is 869 g/mol. The first-order valence-corrected chi connectivity index (χ1v) is 29.9. The summed E-state index contributed by atoms with van der Waals surface area (Å²) in [5.41, 5.74) is 2.21. The number of rotatable bonds is 45. The molecule has 2 aliphatic heterocycles. The van der Waals surface area contributed by atoms with E-state index in [-0.39, 0.29) is 11.8 Å². The third-order valence-electron chi connectivity index (χ3n) is 14.6. The van der Waals surface area contributed by atoms with Gasteiger partial charge in [-0.15, -0.1) is 11.3 Å². The minimum Gasteiger partial charge on any atom is -0.314 e. The first-order valence-electron chi connectivity index (χ1n) is 28.3. The van der Waals surface area contributed by atoms with Crippen molar-refractivity contribution in [1.29, 1.82) is 0 Å². The van der Waals surface area contributed by atoms with E-state index in [1.54, 1.807) is 11.3 Å². The highest BCUT2D eigenvalue weighted by atomic mass is 79.9. The minimum atomic E-state index is 0.0590. The van der Waals surface area contributed by atoms with Gasteiger partial charge in [0.1, 0.15) is 0 Å². The van der Waals surface area contributed by atoms with Gasteiger partial charge in [0, 0.05) is 19.3 Å². The van der Waals surface area contributed by atoms with E-state index in [1.807, 2.05) is 11.1 Å². The molecule has 0 N–H and O–H groups in total. The molecule has 1 aromatic rings. The molecule has 0 saturated heterocycles. The van der Waals surface area contributed by atoms with Gasteiger partial charge >= 0.3 is 0 Å². The standard InChI is InChI=1S/C58H101BrN2O2S/c1-5-9-13-17-21-25-27-31-34-38-42-50(41-37-33-29-23-19-15-11-7-3)47-60-49-52-55(58(60)63)56(53-45-46-54(59)64-53)61(57(52)62)48-51(43-39-35-30-24-20-16-12-8-4)44-40-36-32-28-26-22-18-14-10-6-2/h45-46,49-51H,5-44,47-48H2,1-4H3. The van der Waals surface area contributed by atoms with Gasteiger partial charge in [-0.2, -0.15) is 0 Å². The fraction of sp³-hybridized carbons (Fsp3) is 0.828. The summed E-state index contributed by atoms with van der Waals surface area (Å²) in [6.07, 6.45) is 54.9. The quantitative estimate of drug-likeness (QED) is 0.0611. The van der Waals surface area contributed by atoms with Crippen molar-refractivity contribution in [2.45, 2.75) is 285 Å². The predicted octanol–water partition coefficient (Wildman–Crippen LogP) is 19.7. The number of amides is 2. The van der Waals surface area contributed by atoms with E-state index in [0.29, 0.717) is 23.0 Å². The molecule has 0 bridgehead atoms.